The van der Waals surface area contributed by atoms with Crippen molar-refractivity contribution < 1.29 is 13.2 Å². The van der Waals surface area contributed by atoms with E-state index in [1.807, 2.05) is 0 Å². The second-order valence-corrected chi connectivity index (χ2v) is 6.78. The first-order chi connectivity index (χ1) is 10.1. The fourth-order valence-corrected chi connectivity index (χ4v) is 3.25. The van der Waals surface area contributed by atoms with Gasteiger partial charge in [-0.3, -0.25) is 0 Å². The lowest BCUT2D eigenvalue weighted by Crippen LogP contribution is -2.32. The van der Waals surface area contributed by atoms with E-state index in [1.165, 1.54) is 25.7 Å². The van der Waals surface area contributed by atoms with Crippen molar-refractivity contribution in [1.82, 2.24) is 4.72 Å². The number of hydrogen-bond acceptors (Lipinski definition) is 4. The van der Waals surface area contributed by atoms with Crippen LogP contribution in [-0.4, -0.2) is 28.6 Å². The minimum atomic E-state index is -3.51. The van der Waals surface area contributed by atoms with Crippen LogP contribution in [0.25, 0.3) is 0 Å². The van der Waals surface area contributed by atoms with Crippen LogP contribution in [0.5, 0.6) is 5.75 Å². The van der Waals surface area contributed by atoms with Crippen LogP contribution >= 0.6 is 0 Å². The third-order valence-electron chi connectivity index (χ3n) is 3.59. The van der Waals surface area contributed by atoms with Crippen molar-refractivity contribution >= 4 is 10.0 Å². The second-order valence-electron chi connectivity index (χ2n) is 5.02. The standard InChI is InChI=1S/C15H20N2O3S/c1-20-15-8-7-14(10-13(15)6-3-9-16)21(18,19)17-11-12-4-2-5-12/h7-8,10,12,17H,2,4-5,9,11,16H2,1H3. The molecule has 1 aliphatic carbocycles. The van der Waals surface area contributed by atoms with Gasteiger partial charge in [0.1, 0.15) is 5.75 Å². The number of hydrogen-bond donors (Lipinski definition) is 2. The van der Waals surface area contributed by atoms with E-state index in [0.29, 0.717) is 23.8 Å². The lowest BCUT2D eigenvalue weighted by molar-refractivity contribution is 0.316. The predicted molar refractivity (Wildman–Crippen MR) is 81.5 cm³/mol. The van der Waals surface area contributed by atoms with Gasteiger partial charge in [-0.25, -0.2) is 13.1 Å². The number of nitrogens with one attached hydrogen (secondary N) is 1. The van der Waals surface area contributed by atoms with Crippen molar-refractivity contribution in [2.75, 3.05) is 20.2 Å². The molecule has 1 fully saturated rings. The summed E-state index contributed by atoms with van der Waals surface area (Å²) in [6.45, 7) is 0.707. The van der Waals surface area contributed by atoms with E-state index in [1.54, 1.807) is 6.07 Å². The minimum absolute atomic E-state index is 0.198. The Morgan fingerprint density at radius 3 is 2.76 bits per heavy atom. The van der Waals surface area contributed by atoms with Crippen molar-refractivity contribution in [3.8, 4) is 17.6 Å². The van der Waals surface area contributed by atoms with E-state index in [0.717, 1.165) is 12.8 Å². The zero-order valence-corrected chi connectivity index (χ0v) is 12.9. The molecule has 0 amide bonds. The highest BCUT2D eigenvalue weighted by atomic mass is 32.2. The quantitative estimate of drug-likeness (QED) is 0.798. The average molecular weight is 308 g/mol. The Hall–Kier alpha value is -1.55. The van der Waals surface area contributed by atoms with Crippen molar-refractivity contribution in [2.45, 2.75) is 24.2 Å². The molecule has 2 rings (SSSR count). The molecule has 0 unspecified atom stereocenters. The van der Waals surface area contributed by atoms with E-state index >= 15 is 0 Å². The molecule has 1 aliphatic rings. The van der Waals surface area contributed by atoms with Gasteiger partial charge in [-0.05, 0) is 37.0 Å². The molecular weight excluding hydrogens is 288 g/mol. The molecule has 0 aliphatic heterocycles. The summed E-state index contributed by atoms with van der Waals surface area (Å²) in [5.41, 5.74) is 5.87. The van der Waals surface area contributed by atoms with Crippen molar-refractivity contribution in [3.63, 3.8) is 0 Å². The fraction of sp³-hybridized carbons (Fsp3) is 0.467. The van der Waals surface area contributed by atoms with Crippen molar-refractivity contribution in [1.29, 1.82) is 0 Å². The van der Waals surface area contributed by atoms with Gasteiger partial charge in [-0.1, -0.05) is 18.3 Å². The van der Waals surface area contributed by atoms with Crippen LogP contribution in [0.1, 0.15) is 24.8 Å². The summed E-state index contributed by atoms with van der Waals surface area (Å²) in [6.07, 6.45) is 3.38. The molecule has 0 aromatic heterocycles. The molecule has 0 heterocycles. The Kier molecular flexibility index (Phi) is 5.23. The van der Waals surface area contributed by atoms with Gasteiger partial charge in [0, 0.05) is 6.54 Å². The molecule has 0 radical (unpaired) electrons. The Morgan fingerprint density at radius 2 is 2.19 bits per heavy atom. The first-order valence-electron chi connectivity index (χ1n) is 6.93. The van der Waals surface area contributed by atoms with Gasteiger partial charge in [0.15, 0.2) is 0 Å². The van der Waals surface area contributed by atoms with Gasteiger partial charge < -0.3 is 10.5 Å². The molecule has 6 heteroatoms. The first kappa shape index (κ1) is 15.8. The fourth-order valence-electron chi connectivity index (χ4n) is 2.11. The second kappa shape index (κ2) is 6.94. The highest BCUT2D eigenvalue weighted by Crippen LogP contribution is 2.26. The zero-order valence-electron chi connectivity index (χ0n) is 12.1. The number of rotatable bonds is 5. The van der Waals surface area contributed by atoms with Gasteiger partial charge in [0.2, 0.25) is 10.0 Å². The summed E-state index contributed by atoms with van der Waals surface area (Å²) in [5, 5.41) is 0. The number of methoxy groups -OCH3 is 1. The molecule has 21 heavy (non-hydrogen) atoms. The lowest BCUT2D eigenvalue weighted by atomic mass is 9.86. The van der Waals surface area contributed by atoms with Gasteiger partial charge in [0.05, 0.1) is 24.1 Å². The molecule has 0 bridgehead atoms. The summed E-state index contributed by atoms with van der Waals surface area (Å²) in [6, 6.07) is 4.65. The van der Waals surface area contributed by atoms with Crippen LogP contribution in [0.3, 0.4) is 0 Å². The van der Waals surface area contributed by atoms with E-state index in [2.05, 4.69) is 16.6 Å². The maximum absolute atomic E-state index is 12.3. The molecule has 1 saturated carbocycles. The van der Waals surface area contributed by atoms with Crippen molar-refractivity contribution in [2.24, 2.45) is 11.7 Å². The SMILES string of the molecule is COc1ccc(S(=O)(=O)NCC2CCC2)cc1C#CCN. The molecule has 1 aromatic carbocycles. The van der Waals surface area contributed by atoms with Crippen LogP contribution in [0.15, 0.2) is 23.1 Å². The molecule has 1 aromatic rings. The van der Waals surface area contributed by atoms with E-state index < -0.39 is 10.0 Å². The number of benzene rings is 1. The van der Waals surface area contributed by atoms with Crippen LogP contribution in [0.4, 0.5) is 0 Å². The number of sulfonamides is 1. The summed E-state index contributed by atoms with van der Waals surface area (Å²) in [4.78, 5) is 0.198. The Morgan fingerprint density at radius 1 is 1.43 bits per heavy atom. The first-order valence-corrected chi connectivity index (χ1v) is 8.42. The average Bonchev–Trinajstić information content (AvgIpc) is 2.42. The number of ether oxygens (including phenoxy) is 1. The molecular formula is C15H20N2O3S. The van der Waals surface area contributed by atoms with E-state index in [4.69, 9.17) is 10.5 Å². The maximum atomic E-state index is 12.3. The summed E-state index contributed by atoms with van der Waals surface area (Å²) >= 11 is 0. The largest absolute Gasteiger partial charge is 0.495 e. The van der Waals surface area contributed by atoms with Gasteiger partial charge in [-0.15, -0.1) is 0 Å². The molecule has 114 valence electrons. The Bertz CT molecular complexity index is 655. The van der Waals surface area contributed by atoms with Crippen LogP contribution in [0, 0.1) is 17.8 Å². The van der Waals surface area contributed by atoms with Gasteiger partial charge in [-0.2, -0.15) is 0 Å². The van der Waals surface area contributed by atoms with E-state index in [9.17, 15) is 8.42 Å². The van der Waals surface area contributed by atoms with Crippen LogP contribution in [0.2, 0.25) is 0 Å². The summed E-state index contributed by atoms with van der Waals surface area (Å²) in [5.74, 6) is 6.54. The normalized spacial score (nSPS) is 15.0. The molecule has 3 N–H and O–H groups in total. The van der Waals surface area contributed by atoms with Gasteiger partial charge >= 0.3 is 0 Å². The maximum Gasteiger partial charge on any atom is 0.240 e. The summed E-state index contributed by atoms with van der Waals surface area (Å²) < 4.78 is 32.4. The van der Waals surface area contributed by atoms with Crippen LogP contribution in [-0.2, 0) is 10.0 Å². The number of nitrogens with two attached hydrogens (primary N) is 1. The zero-order chi connectivity index (χ0) is 15.3. The summed E-state index contributed by atoms with van der Waals surface area (Å²) in [7, 11) is -1.99. The predicted octanol–water partition coefficient (Wildman–Crippen LogP) is 1.08. The van der Waals surface area contributed by atoms with Crippen LogP contribution < -0.4 is 15.2 Å². The topological polar surface area (TPSA) is 81.4 Å². The van der Waals surface area contributed by atoms with Gasteiger partial charge in [0.25, 0.3) is 0 Å². The molecule has 0 saturated heterocycles. The third kappa shape index (κ3) is 3.97. The minimum Gasteiger partial charge on any atom is -0.495 e. The highest BCUT2D eigenvalue weighted by Gasteiger charge is 2.21. The molecule has 0 atom stereocenters. The highest BCUT2D eigenvalue weighted by molar-refractivity contribution is 7.89. The smallest absolute Gasteiger partial charge is 0.240 e. The Labute approximate surface area is 125 Å². The van der Waals surface area contributed by atoms with Crippen molar-refractivity contribution in [3.05, 3.63) is 23.8 Å². The monoisotopic (exact) mass is 308 g/mol. The lowest BCUT2D eigenvalue weighted by Gasteiger charge is -2.25. The van der Waals surface area contributed by atoms with E-state index in [-0.39, 0.29) is 11.4 Å². The molecule has 0 spiro atoms. The third-order valence-corrected chi connectivity index (χ3v) is 5.01. The molecule has 5 nitrogen and oxygen atoms in total. The Balaban J connectivity index is 2.21.